The highest BCUT2D eigenvalue weighted by Crippen LogP contribution is 2.40. The molecule has 2 saturated heterocycles. The van der Waals surface area contributed by atoms with Gasteiger partial charge in [-0.25, -0.2) is 4.98 Å². The fourth-order valence-corrected chi connectivity index (χ4v) is 6.98. The van der Waals surface area contributed by atoms with Crippen molar-refractivity contribution in [1.82, 2.24) is 24.8 Å². The van der Waals surface area contributed by atoms with E-state index in [1.165, 1.54) is 6.33 Å². The lowest BCUT2D eigenvalue weighted by atomic mass is 9.97. The molecule has 1 amide bonds. The first-order chi connectivity index (χ1) is 26.7. The van der Waals surface area contributed by atoms with Crippen LogP contribution >= 0.6 is 0 Å². The van der Waals surface area contributed by atoms with Gasteiger partial charge in [-0.05, 0) is 24.8 Å². The number of nitrogen functional groups attached to an aromatic ring is 1. The lowest BCUT2D eigenvalue weighted by molar-refractivity contribution is -0.359. The number of carbonyl (C=O) groups excluding carboxylic acids is 2. The van der Waals surface area contributed by atoms with Crippen molar-refractivity contribution in [3.63, 3.8) is 0 Å². The highest BCUT2D eigenvalue weighted by molar-refractivity contribution is 5.81. The molecule has 0 bridgehead atoms. The molecule has 314 valence electrons. The maximum atomic E-state index is 12.4. The highest BCUT2D eigenvalue weighted by atomic mass is 16.7. The van der Waals surface area contributed by atoms with Crippen LogP contribution in [-0.2, 0) is 33.3 Å². The fourth-order valence-electron chi connectivity index (χ4n) is 6.98. The van der Waals surface area contributed by atoms with Crippen molar-refractivity contribution in [2.75, 3.05) is 38.7 Å². The van der Waals surface area contributed by atoms with E-state index < -0.39 is 104 Å². The van der Waals surface area contributed by atoms with E-state index in [4.69, 9.17) is 29.4 Å². The van der Waals surface area contributed by atoms with Gasteiger partial charge in [0.2, 0.25) is 11.9 Å². The van der Waals surface area contributed by atoms with Crippen LogP contribution in [0.5, 0.6) is 0 Å². The predicted molar refractivity (Wildman–Crippen MR) is 189 cm³/mol. The minimum Gasteiger partial charge on any atom is -0.465 e. The molecule has 22 nitrogen and oxygen atoms in total. The molecule has 22 heteroatoms. The van der Waals surface area contributed by atoms with Crippen LogP contribution in [0.4, 0.5) is 5.95 Å². The smallest absolute Gasteiger partial charge is 0.306 e. The monoisotopic (exact) mass is 800 g/mol. The number of nitrogens with one attached hydrogen (secondary N) is 2. The molecule has 12 N–H and O–H groups in total. The summed E-state index contributed by atoms with van der Waals surface area (Å²) >= 11 is 0. The van der Waals surface area contributed by atoms with Crippen molar-refractivity contribution in [1.29, 1.82) is 0 Å². The van der Waals surface area contributed by atoms with Gasteiger partial charge in [0.05, 0.1) is 38.1 Å². The third-order valence-corrected chi connectivity index (χ3v) is 10.2. The van der Waals surface area contributed by atoms with Crippen molar-refractivity contribution in [2.24, 2.45) is 5.92 Å². The first-order valence-electron chi connectivity index (χ1n) is 18.5. The summed E-state index contributed by atoms with van der Waals surface area (Å²) in [6.07, 6.45) is -12.2. The summed E-state index contributed by atoms with van der Waals surface area (Å²) in [5.74, 6) is -1.60. The summed E-state index contributed by atoms with van der Waals surface area (Å²) in [4.78, 5) is 47.5. The molecule has 2 aliphatic heterocycles. The van der Waals surface area contributed by atoms with Crippen LogP contribution in [0.25, 0.3) is 11.2 Å². The number of hydrogen-bond acceptors (Lipinski definition) is 19. The van der Waals surface area contributed by atoms with E-state index in [9.17, 15) is 55.2 Å². The van der Waals surface area contributed by atoms with Gasteiger partial charge in [0.15, 0.2) is 23.7 Å². The van der Waals surface area contributed by atoms with E-state index in [1.54, 1.807) is 4.57 Å². The van der Waals surface area contributed by atoms with Gasteiger partial charge in [-0.2, -0.15) is 4.98 Å². The molecule has 3 fully saturated rings. The van der Waals surface area contributed by atoms with Gasteiger partial charge in [0, 0.05) is 25.5 Å². The minimum absolute atomic E-state index is 0.0792. The molecule has 3 aliphatic rings. The van der Waals surface area contributed by atoms with Gasteiger partial charge in [-0.3, -0.25) is 19.4 Å². The normalized spacial score (nSPS) is 33.5. The summed E-state index contributed by atoms with van der Waals surface area (Å²) < 4.78 is 29.0. The molecule has 1 aliphatic carbocycles. The topological polar surface area (TPSA) is 344 Å². The second-order valence-electron chi connectivity index (χ2n) is 14.1. The highest BCUT2D eigenvalue weighted by Gasteiger charge is 2.50. The van der Waals surface area contributed by atoms with E-state index in [0.29, 0.717) is 37.8 Å². The SMILES string of the molecule is C=C1[C@H](COC(=O)CCC(=O)NCCCCCCO[C@@H]2OC(CO)[C@@H](O[C@@H]3OC(CO)[C@H](O)[C@H](O)C3O)[C@H](O)C2O)[C@@H](O)C[C@@H]1n1cnc2c(=O)[nH]c(N)nc21. The number of aromatic amines is 1. The molecule has 4 heterocycles. The summed E-state index contributed by atoms with van der Waals surface area (Å²) in [6, 6.07) is -0.454. The number of amides is 1. The van der Waals surface area contributed by atoms with Crippen molar-refractivity contribution in [3.8, 4) is 0 Å². The quantitative estimate of drug-likeness (QED) is 0.0387. The largest absolute Gasteiger partial charge is 0.465 e. The van der Waals surface area contributed by atoms with E-state index in [1.807, 2.05) is 0 Å². The third kappa shape index (κ3) is 10.1. The Morgan fingerprint density at radius 3 is 2.38 bits per heavy atom. The Morgan fingerprint density at radius 2 is 1.64 bits per heavy atom. The first kappa shape index (κ1) is 43.5. The van der Waals surface area contributed by atoms with Gasteiger partial charge >= 0.3 is 5.97 Å². The third-order valence-electron chi connectivity index (χ3n) is 10.2. The van der Waals surface area contributed by atoms with Crippen LogP contribution in [0.3, 0.4) is 0 Å². The zero-order valence-electron chi connectivity index (χ0n) is 30.5. The van der Waals surface area contributed by atoms with Crippen LogP contribution in [0.2, 0.25) is 0 Å². The van der Waals surface area contributed by atoms with E-state index in [2.05, 4.69) is 26.8 Å². The molecule has 13 atom stereocenters. The Bertz CT molecular complexity index is 1690. The molecular formula is C34H52N6O16. The molecule has 56 heavy (non-hydrogen) atoms. The number of nitrogens with zero attached hydrogens (tertiary/aromatic N) is 3. The lowest BCUT2D eigenvalue weighted by Gasteiger charge is -2.45. The number of carbonyl (C=O) groups is 2. The molecule has 0 radical (unpaired) electrons. The molecule has 5 rings (SSSR count). The number of hydrogen-bond donors (Lipinski definition) is 11. The van der Waals surface area contributed by atoms with Gasteiger partial charge in [-0.15, -0.1) is 0 Å². The minimum atomic E-state index is -1.77. The molecular weight excluding hydrogens is 748 g/mol. The Labute approximate surface area is 319 Å². The summed E-state index contributed by atoms with van der Waals surface area (Å²) in [5.41, 5.74) is 6.10. The molecule has 1 saturated carbocycles. The second-order valence-corrected chi connectivity index (χ2v) is 14.1. The molecule has 0 spiro atoms. The van der Waals surface area contributed by atoms with Gasteiger partial charge in [-0.1, -0.05) is 19.4 Å². The zero-order chi connectivity index (χ0) is 40.7. The Kier molecular flexibility index (Phi) is 15.3. The van der Waals surface area contributed by atoms with Crippen molar-refractivity contribution in [2.45, 2.75) is 119 Å². The maximum Gasteiger partial charge on any atom is 0.306 e. The number of aromatic nitrogens is 4. The number of fused-ring (bicyclic) bond motifs is 1. The Hall–Kier alpha value is -3.65. The van der Waals surface area contributed by atoms with Crippen LogP contribution in [0.1, 0.15) is 51.0 Å². The number of aliphatic hydroxyl groups is 8. The van der Waals surface area contributed by atoms with Crippen molar-refractivity contribution >= 4 is 29.0 Å². The average Bonchev–Trinajstić information content (AvgIpc) is 3.72. The summed E-state index contributed by atoms with van der Waals surface area (Å²) in [6.45, 7) is 3.05. The number of imidazole rings is 1. The molecule has 2 aromatic heterocycles. The number of rotatable bonds is 18. The van der Waals surface area contributed by atoms with E-state index >= 15 is 0 Å². The first-order valence-corrected chi connectivity index (χ1v) is 18.5. The lowest BCUT2D eigenvalue weighted by Crippen LogP contribution is -2.64. The summed E-state index contributed by atoms with van der Waals surface area (Å²) in [7, 11) is 0. The fraction of sp³-hybridized carbons (Fsp3) is 0.735. The number of ether oxygens (including phenoxy) is 5. The standard InChI is InChI=1S/C34H52N6O16/c1-15-16(18(43)10-17(15)40-14-37-23-30(40)38-34(35)39-31(23)51)13-53-22(45)7-6-21(44)36-8-4-2-3-5-9-52-32-28(50)26(48)29(20(12-42)55-32)56-33-27(49)25(47)24(46)19(11-41)54-33/h14,16-20,24-29,32-33,41-43,46-50H,1-13H2,(H,36,44)(H3,35,38,39,51)/t16-,17-,18-,19?,20?,24-,25-,26+,27?,28?,29+,32+,33-/m0/s1. The van der Waals surface area contributed by atoms with Crippen LogP contribution in [0, 0.1) is 5.92 Å². The predicted octanol–water partition coefficient (Wildman–Crippen LogP) is -4.18. The van der Waals surface area contributed by atoms with Gasteiger partial charge < -0.3 is 80.2 Å². The maximum absolute atomic E-state index is 12.4. The van der Waals surface area contributed by atoms with E-state index in [-0.39, 0.29) is 55.5 Å². The Morgan fingerprint density at radius 1 is 0.946 bits per heavy atom. The van der Waals surface area contributed by atoms with Crippen LogP contribution in [-0.4, -0.2) is 173 Å². The average molecular weight is 801 g/mol. The molecule has 2 aromatic rings. The van der Waals surface area contributed by atoms with E-state index in [0.717, 1.165) is 0 Å². The second kappa shape index (κ2) is 19.7. The number of H-pyrrole nitrogens is 1. The number of anilines is 1. The van der Waals surface area contributed by atoms with Gasteiger partial charge in [0.1, 0.15) is 55.4 Å². The summed E-state index contributed by atoms with van der Waals surface area (Å²) in [5, 5.41) is 84.2. The van der Waals surface area contributed by atoms with Crippen molar-refractivity contribution in [3.05, 3.63) is 28.8 Å². The Balaban J connectivity index is 0.928. The zero-order valence-corrected chi connectivity index (χ0v) is 30.5. The van der Waals surface area contributed by atoms with Crippen molar-refractivity contribution < 1.29 is 74.1 Å². The van der Waals surface area contributed by atoms with Gasteiger partial charge in [0.25, 0.3) is 5.56 Å². The molecule has 4 unspecified atom stereocenters. The number of aliphatic hydroxyl groups excluding tert-OH is 8. The number of nitrogens with two attached hydrogens (primary N) is 1. The molecule has 0 aromatic carbocycles. The number of unbranched alkanes of at least 4 members (excludes halogenated alkanes) is 3. The number of esters is 1. The van der Waals surface area contributed by atoms with Crippen LogP contribution < -0.4 is 16.6 Å². The van der Waals surface area contributed by atoms with Crippen LogP contribution in [0.15, 0.2) is 23.3 Å².